The first-order chi connectivity index (χ1) is 16.0. The molecular weight excluding hydrogens is 412 g/mol. The summed E-state index contributed by atoms with van der Waals surface area (Å²) >= 11 is 0. The maximum absolute atomic E-state index is 13.0. The third-order valence-corrected chi connectivity index (χ3v) is 6.63. The number of imidazole rings is 1. The number of fused-ring (bicyclic) bond motifs is 1. The number of hydrogen-bond donors (Lipinski definition) is 2. The number of anilines is 1. The topological polar surface area (TPSA) is 76.0 Å². The van der Waals surface area contributed by atoms with Gasteiger partial charge in [0.1, 0.15) is 12.4 Å². The summed E-state index contributed by atoms with van der Waals surface area (Å²) in [6.45, 7) is 4.84. The summed E-state index contributed by atoms with van der Waals surface area (Å²) in [7, 11) is 0. The van der Waals surface area contributed by atoms with Crippen LogP contribution in [0.25, 0.3) is 11.0 Å². The molecule has 6 heteroatoms. The molecule has 4 rings (SSSR count). The lowest BCUT2D eigenvalue weighted by molar-refractivity contribution is -0.125. The summed E-state index contributed by atoms with van der Waals surface area (Å²) in [5.74, 6) is 1.18. The van der Waals surface area contributed by atoms with Crippen LogP contribution >= 0.6 is 0 Å². The third kappa shape index (κ3) is 5.62. The Balaban J connectivity index is 1.41. The number of nitrogens with zero attached hydrogens (tertiary/aromatic N) is 2. The lowest BCUT2D eigenvalue weighted by Crippen LogP contribution is -2.32. The average Bonchev–Trinajstić information content (AvgIpc) is 3.17. The number of amides is 2. The molecule has 0 aliphatic heterocycles. The number of aryl methyl sites for hydroxylation is 3. The monoisotopic (exact) mass is 446 g/mol. The Labute approximate surface area is 195 Å². The maximum atomic E-state index is 13.0. The fraction of sp³-hybridized carbons (Fsp3) is 0.444. The van der Waals surface area contributed by atoms with Crippen LogP contribution in [0.1, 0.15) is 55.5 Å². The van der Waals surface area contributed by atoms with Crippen LogP contribution in [0.3, 0.4) is 0 Å². The first kappa shape index (κ1) is 23.0. The number of benzene rings is 2. The van der Waals surface area contributed by atoms with Gasteiger partial charge in [-0.2, -0.15) is 0 Å². The van der Waals surface area contributed by atoms with Gasteiger partial charge in [-0.25, -0.2) is 4.98 Å². The first-order valence-electron chi connectivity index (χ1n) is 12.1. The van der Waals surface area contributed by atoms with Crippen LogP contribution in [0.15, 0.2) is 42.5 Å². The van der Waals surface area contributed by atoms with Gasteiger partial charge in [-0.15, -0.1) is 0 Å². The highest BCUT2D eigenvalue weighted by molar-refractivity contribution is 5.93. The molecule has 6 nitrogen and oxygen atoms in total. The predicted molar refractivity (Wildman–Crippen MR) is 132 cm³/mol. The number of aromatic nitrogens is 2. The van der Waals surface area contributed by atoms with Crippen LogP contribution in [0.4, 0.5) is 5.69 Å². The zero-order valence-corrected chi connectivity index (χ0v) is 19.7. The summed E-state index contributed by atoms with van der Waals surface area (Å²) in [5, 5.41) is 6.19. The molecule has 3 aromatic rings. The standard InChI is InChI=1S/C27H34N4O2/c1-19-10-8-11-20(2)26(19)30-25(32)18-31-23-15-7-6-14-22(23)29-24(31)16-9-17-28-27(33)21-12-4-3-5-13-21/h6-8,10-11,14-15,21H,3-5,9,12-13,16-18H2,1-2H3,(H,28,33)(H,30,32). The van der Waals surface area contributed by atoms with E-state index in [4.69, 9.17) is 4.98 Å². The minimum Gasteiger partial charge on any atom is -0.356 e. The van der Waals surface area contributed by atoms with E-state index >= 15 is 0 Å². The quantitative estimate of drug-likeness (QED) is 0.482. The normalized spacial score (nSPS) is 14.4. The Morgan fingerprint density at radius 3 is 2.48 bits per heavy atom. The van der Waals surface area contributed by atoms with Crippen molar-refractivity contribution in [1.29, 1.82) is 0 Å². The molecule has 1 aliphatic rings. The lowest BCUT2D eigenvalue weighted by Gasteiger charge is -2.20. The minimum absolute atomic E-state index is 0.0672. The van der Waals surface area contributed by atoms with Crippen LogP contribution in [-0.4, -0.2) is 27.9 Å². The molecule has 1 fully saturated rings. The van der Waals surface area contributed by atoms with Crippen molar-refractivity contribution >= 4 is 28.5 Å². The zero-order chi connectivity index (χ0) is 23.2. The van der Waals surface area contributed by atoms with Crippen molar-refractivity contribution in [3.63, 3.8) is 0 Å². The van der Waals surface area contributed by atoms with Crippen molar-refractivity contribution in [3.05, 3.63) is 59.4 Å². The third-order valence-electron chi connectivity index (χ3n) is 6.63. The molecule has 0 spiro atoms. The fourth-order valence-corrected chi connectivity index (χ4v) is 4.79. The van der Waals surface area contributed by atoms with E-state index in [0.717, 1.165) is 65.8 Å². The summed E-state index contributed by atoms with van der Waals surface area (Å²) in [5.41, 5.74) is 4.81. The van der Waals surface area contributed by atoms with Crippen LogP contribution < -0.4 is 10.6 Å². The first-order valence-corrected chi connectivity index (χ1v) is 12.1. The molecular formula is C27H34N4O2. The predicted octanol–water partition coefficient (Wildman–Crippen LogP) is 4.92. The molecule has 0 unspecified atom stereocenters. The molecule has 1 heterocycles. The molecule has 174 valence electrons. The number of para-hydroxylation sites is 3. The maximum Gasteiger partial charge on any atom is 0.244 e. The van der Waals surface area contributed by atoms with Gasteiger partial charge in [0.05, 0.1) is 11.0 Å². The molecule has 0 atom stereocenters. The van der Waals surface area contributed by atoms with Crippen LogP contribution in [-0.2, 0) is 22.6 Å². The second-order valence-electron chi connectivity index (χ2n) is 9.15. The van der Waals surface area contributed by atoms with E-state index in [1.807, 2.05) is 60.9 Å². The SMILES string of the molecule is Cc1cccc(C)c1NC(=O)Cn1c(CCCNC(=O)C2CCCCC2)nc2ccccc21. The van der Waals surface area contributed by atoms with Crippen LogP contribution in [0, 0.1) is 19.8 Å². The van der Waals surface area contributed by atoms with Crippen molar-refractivity contribution in [3.8, 4) is 0 Å². The van der Waals surface area contributed by atoms with E-state index in [-0.39, 0.29) is 24.3 Å². The van der Waals surface area contributed by atoms with E-state index in [0.29, 0.717) is 13.0 Å². The van der Waals surface area contributed by atoms with Gasteiger partial charge >= 0.3 is 0 Å². The highest BCUT2D eigenvalue weighted by Gasteiger charge is 2.20. The van der Waals surface area contributed by atoms with Gasteiger partial charge in [-0.3, -0.25) is 9.59 Å². The Bertz CT molecular complexity index is 1110. The number of hydrogen-bond acceptors (Lipinski definition) is 3. The second kappa shape index (κ2) is 10.6. The molecule has 1 aromatic heterocycles. The largest absolute Gasteiger partial charge is 0.356 e. The Morgan fingerprint density at radius 1 is 1.00 bits per heavy atom. The average molecular weight is 447 g/mol. The Hall–Kier alpha value is -3.15. The van der Waals surface area contributed by atoms with Gasteiger partial charge in [0, 0.05) is 24.6 Å². The molecule has 2 N–H and O–H groups in total. The molecule has 2 aromatic carbocycles. The zero-order valence-electron chi connectivity index (χ0n) is 19.7. The molecule has 1 aliphatic carbocycles. The number of carbonyl (C=O) groups excluding carboxylic acids is 2. The lowest BCUT2D eigenvalue weighted by atomic mass is 9.89. The summed E-state index contributed by atoms with van der Waals surface area (Å²) in [4.78, 5) is 30.1. The van der Waals surface area contributed by atoms with E-state index in [9.17, 15) is 9.59 Å². The highest BCUT2D eigenvalue weighted by Crippen LogP contribution is 2.24. The van der Waals surface area contributed by atoms with Gasteiger partial charge in [-0.05, 0) is 56.4 Å². The van der Waals surface area contributed by atoms with Crippen LogP contribution in [0.2, 0.25) is 0 Å². The van der Waals surface area contributed by atoms with Crippen molar-refractivity contribution in [1.82, 2.24) is 14.9 Å². The van der Waals surface area contributed by atoms with E-state index < -0.39 is 0 Å². The van der Waals surface area contributed by atoms with E-state index in [1.165, 1.54) is 6.42 Å². The van der Waals surface area contributed by atoms with Crippen LogP contribution in [0.5, 0.6) is 0 Å². The minimum atomic E-state index is -0.0672. The van der Waals surface area contributed by atoms with E-state index in [1.54, 1.807) is 0 Å². The molecule has 1 saturated carbocycles. The van der Waals surface area contributed by atoms with Gasteiger partial charge in [0.2, 0.25) is 11.8 Å². The number of carbonyl (C=O) groups is 2. The summed E-state index contributed by atoms with van der Waals surface area (Å²) < 4.78 is 2.00. The van der Waals surface area contributed by atoms with Gasteiger partial charge in [-0.1, -0.05) is 49.6 Å². The summed E-state index contributed by atoms with van der Waals surface area (Å²) in [6.07, 6.45) is 7.08. The molecule has 0 radical (unpaired) electrons. The van der Waals surface area contributed by atoms with Crippen molar-refractivity contribution in [2.45, 2.75) is 65.3 Å². The van der Waals surface area contributed by atoms with E-state index in [2.05, 4.69) is 10.6 Å². The fourth-order valence-electron chi connectivity index (χ4n) is 4.79. The van der Waals surface area contributed by atoms with Crippen molar-refractivity contribution in [2.75, 3.05) is 11.9 Å². The molecule has 2 amide bonds. The van der Waals surface area contributed by atoms with Gasteiger partial charge in [0.15, 0.2) is 0 Å². The van der Waals surface area contributed by atoms with Gasteiger partial charge in [0.25, 0.3) is 0 Å². The Kier molecular flexibility index (Phi) is 7.43. The molecule has 0 bridgehead atoms. The smallest absolute Gasteiger partial charge is 0.244 e. The second-order valence-corrected chi connectivity index (χ2v) is 9.15. The Morgan fingerprint density at radius 2 is 1.73 bits per heavy atom. The molecule has 0 saturated heterocycles. The summed E-state index contributed by atoms with van der Waals surface area (Å²) in [6, 6.07) is 13.9. The van der Waals surface area contributed by atoms with Gasteiger partial charge < -0.3 is 15.2 Å². The molecule has 33 heavy (non-hydrogen) atoms. The number of nitrogens with one attached hydrogen (secondary N) is 2. The van der Waals surface area contributed by atoms with Crippen molar-refractivity contribution in [2.24, 2.45) is 5.92 Å². The highest BCUT2D eigenvalue weighted by atomic mass is 16.2. The number of rotatable bonds is 8. The van der Waals surface area contributed by atoms with Crippen molar-refractivity contribution < 1.29 is 9.59 Å².